The fraction of sp³-hybridized carbons (Fsp3) is 0.318. The minimum absolute atomic E-state index is 0. The van der Waals surface area contributed by atoms with Crippen molar-refractivity contribution in [3.8, 4) is 5.75 Å². The van der Waals surface area contributed by atoms with E-state index in [9.17, 15) is 19.8 Å². The van der Waals surface area contributed by atoms with Gasteiger partial charge in [-0.1, -0.05) is 19.9 Å². The zero-order valence-corrected chi connectivity index (χ0v) is 18.9. The lowest BCUT2D eigenvalue weighted by molar-refractivity contribution is -0.131. The van der Waals surface area contributed by atoms with Gasteiger partial charge in [-0.05, 0) is 55.7 Å². The van der Waals surface area contributed by atoms with Crippen molar-refractivity contribution in [3.63, 3.8) is 0 Å². The number of hydrazone groups is 1. The molecule has 1 amide bonds. The Morgan fingerprint density at radius 2 is 1.97 bits per heavy atom. The summed E-state index contributed by atoms with van der Waals surface area (Å²) < 4.78 is 0. The van der Waals surface area contributed by atoms with Gasteiger partial charge >= 0.3 is 11.7 Å². The van der Waals surface area contributed by atoms with Gasteiger partial charge in [0.15, 0.2) is 4.98 Å². The quantitative estimate of drug-likeness (QED) is 0.219. The van der Waals surface area contributed by atoms with Crippen LogP contribution in [0.5, 0.6) is 5.75 Å². The molecular weight excluding hydrogens is 436 g/mol. The molecule has 2 rings (SSSR count). The molecule has 0 radical (unpaired) electrons. The molecule has 0 fully saturated rings. The van der Waals surface area contributed by atoms with E-state index >= 15 is 0 Å². The number of aromatic hydroxyl groups is 1. The van der Waals surface area contributed by atoms with Crippen LogP contribution in [0.15, 0.2) is 58.8 Å². The van der Waals surface area contributed by atoms with Crippen LogP contribution in [-0.2, 0) is 4.79 Å². The summed E-state index contributed by atoms with van der Waals surface area (Å²) in [5.41, 5.74) is 2.00. The number of carbonyl (C=O) groups is 2. The number of nitrogens with one attached hydrogen (secondary N) is 1. The average Bonchev–Trinajstić information content (AvgIpc) is 2.68. The predicted molar refractivity (Wildman–Crippen MR) is 115 cm³/mol. The fourth-order valence-electron chi connectivity index (χ4n) is 3.39. The third-order valence-electron chi connectivity index (χ3n) is 5.22. The molecule has 1 atom stereocenters. The van der Waals surface area contributed by atoms with Crippen molar-refractivity contribution in [2.24, 2.45) is 10.5 Å². The predicted octanol–water partition coefficient (Wildman–Crippen LogP) is 0.661. The average molecular weight is 461 g/mol. The van der Waals surface area contributed by atoms with Crippen LogP contribution in [0.3, 0.4) is 0 Å². The van der Waals surface area contributed by atoms with Crippen molar-refractivity contribution in [2.75, 3.05) is 0 Å². The molecule has 0 unspecified atom stereocenters. The standard InChI is InChI=1S/C22H24N4O5.ClH/c1-13(9-19(28)29)7-8-22(31)14(2)10-16(12-21(22,3)4)25-26-20(30)15-5-6-18(27)17(11-15)24-23;/h5-11,31H,12H2,1-4H3,(H2-,26,27,28,29,30);1H/b8-7+,13-9-,25-16-;/t22-;/m1./s1. The van der Waals surface area contributed by atoms with Crippen molar-refractivity contribution in [1.29, 1.82) is 5.39 Å². The Morgan fingerprint density at radius 3 is 2.53 bits per heavy atom. The Labute approximate surface area is 191 Å². The first-order valence-electron chi connectivity index (χ1n) is 9.46. The SMILES string of the molecule is CC1=C/C(=N/NC(=O)c2ccc(O)c([N+]#N)c2)CC(C)(C)[C@@]1(O)/C=C/C(C)=C\C(=O)O.[Cl-]. The summed E-state index contributed by atoms with van der Waals surface area (Å²) in [7, 11) is 0. The number of carboxylic acids is 1. The van der Waals surface area contributed by atoms with Crippen molar-refractivity contribution in [1.82, 2.24) is 5.43 Å². The number of hydrogen-bond donors (Lipinski definition) is 4. The summed E-state index contributed by atoms with van der Waals surface area (Å²) in [6.45, 7) is 7.05. The summed E-state index contributed by atoms with van der Waals surface area (Å²) >= 11 is 0. The normalized spacial score (nSPS) is 21.4. The number of phenolic OH excluding ortho intramolecular Hbond substituents is 1. The van der Waals surface area contributed by atoms with Crippen LogP contribution in [0.1, 0.15) is 44.5 Å². The highest BCUT2D eigenvalue weighted by atomic mass is 35.5. The summed E-state index contributed by atoms with van der Waals surface area (Å²) in [6, 6.07) is 3.81. The highest BCUT2D eigenvalue weighted by Crippen LogP contribution is 2.44. The number of hydrogen-bond acceptors (Lipinski definition) is 6. The monoisotopic (exact) mass is 460 g/mol. The van der Waals surface area contributed by atoms with Crippen molar-refractivity contribution >= 4 is 23.3 Å². The van der Waals surface area contributed by atoms with Gasteiger partial charge in [-0.15, -0.1) is 0 Å². The Bertz CT molecular complexity index is 1080. The molecule has 1 aromatic rings. The molecule has 1 aliphatic carbocycles. The molecule has 32 heavy (non-hydrogen) atoms. The molecule has 10 heteroatoms. The molecular formula is C22H25ClN4O5. The van der Waals surface area contributed by atoms with Crippen LogP contribution in [0, 0.1) is 10.8 Å². The second-order valence-corrected chi connectivity index (χ2v) is 8.06. The van der Waals surface area contributed by atoms with Crippen molar-refractivity contribution < 1.29 is 37.3 Å². The lowest BCUT2D eigenvalue weighted by Crippen LogP contribution is -3.00. The lowest BCUT2D eigenvalue weighted by Gasteiger charge is -2.44. The number of allylic oxidation sites excluding steroid dienone is 3. The van der Waals surface area contributed by atoms with Gasteiger partial charge in [0.25, 0.3) is 5.91 Å². The number of rotatable bonds is 5. The van der Waals surface area contributed by atoms with Crippen molar-refractivity contribution in [2.45, 2.75) is 39.7 Å². The third kappa shape index (κ3) is 5.81. The molecule has 0 aliphatic heterocycles. The van der Waals surface area contributed by atoms with E-state index in [0.29, 0.717) is 23.3 Å². The summed E-state index contributed by atoms with van der Waals surface area (Å²) in [5.74, 6) is -1.89. The molecule has 0 aromatic heterocycles. The minimum Gasteiger partial charge on any atom is -1.00 e. The van der Waals surface area contributed by atoms with Gasteiger partial charge < -0.3 is 27.7 Å². The molecule has 0 saturated carbocycles. The van der Waals surface area contributed by atoms with Gasteiger partial charge in [0.05, 0.1) is 11.8 Å². The minimum atomic E-state index is -1.34. The number of carboxylic acid groups (broad SMARTS) is 1. The van der Waals surface area contributed by atoms with Gasteiger partial charge in [0.1, 0.15) is 5.60 Å². The first-order valence-corrected chi connectivity index (χ1v) is 9.46. The van der Waals surface area contributed by atoms with Gasteiger partial charge in [-0.2, -0.15) is 5.10 Å². The van der Waals surface area contributed by atoms with E-state index in [-0.39, 0.29) is 29.4 Å². The first kappa shape index (κ1) is 26.6. The van der Waals surface area contributed by atoms with Crippen LogP contribution >= 0.6 is 0 Å². The highest BCUT2D eigenvalue weighted by Gasteiger charge is 2.46. The maximum absolute atomic E-state index is 12.3. The lowest BCUT2D eigenvalue weighted by atomic mass is 9.64. The molecule has 0 bridgehead atoms. The number of benzene rings is 1. The molecule has 1 aromatic carbocycles. The number of aliphatic carboxylic acids is 1. The third-order valence-corrected chi connectivity index (χ3v) is 5.22. The number of aliphatic hydroxyl groups is 1. The van der Waals surface area contributed by atoms with Gasteiger partial charge in [-0.25, -0.2) is 10.2 Å². The zero-order chi connectivity index (χ0) is 23.4. The Hall–Kier alpha value is -3.48. The summed E-state index contributed by atoms with van der Waals surface area (Å²) in [6.07, 6.45) is 6.18. The van der Waals surface area contributed by atoms with E-state index in [0.717, 1.165) is 6.08 Å². The second-order valence-electron chi connectivity index (χ2n) is 8.06. The largest absolute Gasteiger partial charge is 1.00 e. The zero-order valence-electron chi connectivity index (χ0n) is 18.1. The van der Waals surface area contributed by atoms with Crippen LogP contribution in [0.4, 0.5) is 5.69 Å². The number of amides is 1. The Morgan fingerprint density at radius 1 is 1.31 bits per heavy atom. The number of carbonyl (C=O) groups excluding carboxylic acids is 1. The molecule has 0 spiro atoms. The molecule has 9 nitrogen and oxygen atoms in total. The Kier molecular flexibility index (Phi) is 8.48. The van der Waals surface area contributed by atoms with Crippen LogP contribution < -0.4 is 17.8 Å². The second kappa shape index (κ2) is 10.2. The van der Waals surface area contributed by atoms with E-state index < -0.39 is 22.9 Å². The smallest absolute Gasteiger partial charge is 0.426 e. The van der Waals surface area contributed by atoms with Crippen LogP contribution in [0.25, 0.3) is 4.98 Å². The Balaban J connectivity index is 0.00000512. The number of phenols is 1. The molecule has 170 valence electrons. The van der Waals surface area contributed by atoms with Crippen LogP contribution in [-0.4, -0.2) is 38.5 Å². The van der Waals surface area contributed by atoms with E-state index in [1.54, 1.807) is 32.1 Å². The first-order chi connectivity index (χ1) is 14.4. The van der Waals surface area contributed by atoms with Crippen LogP contribution in [0.2, 0.25) is 0 Å². The van der Waals surface area contributed by atoms with E-state index in [1.807, 2.05) is 13.8 Å². The van der Waals surface area contributed by atoms with Crippen molar-refractivity contribution in [3.05, 3.63) is 64.2 Å². The summed E-state index contributed by atoms with van der Waals surface area (Å²) in [5, 5.41) is 42.6. The summed E-state index contributed by atoms with van der Waals surface area (Å²) in [4.78, 5) is 26.0. The van der Waals surface area contributed by atoms with Gasteiger partial charge in [0.2, 0.25) is 11.1 Å². The maximum Gasteiger partial charge on any atom is 0.426 e. The topological polar surface area (TPSA) is 147 Å². The molecule has 0 saturated heterocycles. The van der Waals surface area contributed by atoms with E-state index in [1.165, 1.54) is 18.2 Å². The fourth-order valence-corrected chi connectivity index (χ4v) is 3.39. The number of nitrogens with zero attached hydrogens (tertiary/aromatic N) is 3. The number of halogens is 1. The highest BCUT2D eigenvalue weighted by molar-refractivity contribution is 6.00. The van der Waals surface area contributed by atoms with Gasteiger partial charge in [0, 0.05) is 17.1 Å². The molecule has 1 aliphatic rings. The molecule has 4 N–H and O–H groups in total. The van der Waals surface area contributed by atoms with E-state index in [4.69, 9.17) is 10.5 Å². The number of diazo groups is 1. The molecule has 0 heterocycles. The van der Waals surface area contributed by atoms with Gasteiger partial charge in [-0.3, -0.25) is 4.79 Å². The van der Waals surface area contributed by atoms with E-state index in [2.05, 4.69) is 15.5 Å². The maximum atomic E-state index is 12.3.